The number of nitrogens with two attached hydrogens (primary N) is 1. The number of nitrogens with zero attached hydrogens (tertiary/aromatic N) is 4. The van der Waals surface area contributed by atoms with Crippen LogP contribution in [0.15, 0.2) is 34.7 Å². The third-order valence-corrected chi connectivity index (χ3v) is 5.81. The highest BCUT2D eigenvalue weighted by Gasteiger charge is 2.21. The Balaban J connectivity index is 2.01. The molecular formula is C19H14ClN5O2S2. The monoisotopic (exact) mass is 443 g/mol. The molecule has 3 N–H and O–H groups in total. The van der Waals surface area contributed by atoms with Gasteiger partial charge in [0.1, 0.15) is 29.3 Å². The maximum absolute atomic E-state index is 9.81. The van der Waals surface area contributed by atoms with Crippen LogP contribution in [0.1, 0.15) is 11.3 Å². The van der Waals surface area contributed by atoms with Crippen LogP contribution >= 0.6 is 34.7 Å². The normalized spacial score (nSPS) is 10.3. The fourth-order valence-corrected chi connectivity index (χ4v) is 4.32. The Kier molecular flexibility index (Phi) is 6.91. The van der Waals surface area contributed by atoms with Crippen molar-refractivity contribution in [3.8, 4) is 22.9 Å². The molecule has 10 heteroatoms. The lowest BCUT2D eigenvalue weighted by Crippen LogP contribution is -2.02. The van der Waals surface area contributed by atoms with Gasteiger partial charge in [-0.2, -0.15) is 5.26 Å². The molecule has 0 amide bonds. The van der Waals surface area contributed by atoms with Crippen molar-refractivity contribution in [3.63, 3.8) is 0 Å². The Bertz CT molecular complexity index is 1100. The fourth-order valence-electron chi connectivity index (χ4n) is 2.55. The first kappa shape index (κ1) is 20.9. The van der Waals surface area contributed by atoms with Crippen LogP contribution in [0.2, 0.25) is 4.47 Å². The molecule has 0 aliphatic rings. The van der Waals surface area contributed by atoms with Gasteiger partial charge in [-0.3, -0.25) is 0 Å². The minimum Gasteiger partial charge on any atom is -0.491 e. The molecule has 29 heavy (non-hydrogen) atoms. The number of halogens is 1. The summed E-state index contributed by atoms with van der Waals surface area (Å²) in [7, 11) is 0. The van der Waals surface area contributed by atoms with E-state index in [1.54, 1.807) is 24.3 Å². The smallest absolute Gasteiger partial charge is 0.236 e. The second kappa shape index (κ2) is 9.59. The summed E-state index contributed by atoms with van der Waals surface area (Å²) in [5.41, 5.74) is 8.29. The first-order chi connectivity index (χ1) is 14.1. The molecule has 2 heterocycles. The van der Waals surface area contributed by atoms with E-state index in [0.717, 1.165) is 5.69 Å². The van der Waals surface area contributed by atoms with Gasteiger partial charge in [-0.1, -0.05) is 35.5 Å². The summed E-state index contributed by atoms with van der Waals surface area (Å²) >= 11 is 8.51. The Labute approximate surface area is 180 Å². The topological polar surface area (TPSA) is 109 Å². The van der Waals surface area contributed by atoms with Gasteiger partial charge in [-0.15, -0.1) is 11.3 Å². The van der Waals surface area contributed by atoms with E-state index in [-0.39, 0.29) is 30.3 Å². The van der Waals surface area contributed by atoms with E-state index in [9.17, 15) is 5.26 Å². The van der Waals surface area contributed by atoms with Gasteiger partial charge >= 0.3 is 0 Å². The minimum absolute atomic E-state index is 0.0633. The Morgan fingerprint density at radius 3 is 2.69 bits per heavy atom. The van der Waals surface area contributed by atoms with Gasteiger partial charge in [0.25, 0.3) is 0 Å². The zero-order chi connectivity index (χ0) is 20.8. The van der Waals surface area contributed by atoms with Crippen LogP contribution in [0.4, 0.5) is 11.5 Å². The minimum atomic E-state index is -0.0894. The highest BCUT2D eigenvalue weighted by molar-refractivity contribution is 7.98. The number of ether oxygens (including phenoxy) is 1. The summed E-state index contributed by atoms with van der Waals surface area (Å²) in [5.74, 6) is 1.10. The molecule has 3 aromatic rings. The zero-order valence-electron chi connectivity index (χ0n) is 14.9. The van der Waals surface area contributed by atoms with Gasteiger partial charge in [0.05, 0.1) is 24.4 Å². The number of pyridine rings is 1. The summed E-state index contributed by atoms with van der Waals surface area (Å²) in [6, 6.07) is 9.07. The molecule has 0 bridgehead atoms. The molecular weight excluding hydrogens is 430 g/mol. The van der Waals surface area contributed by atoms with E-state index in [2.05, 4.69) is 20.9 Å². The molecule has 7 nitrogen and oxygen atoms in total. The predicted octanol–water partition coefficient (Wildman–Crippen LogP) is 4.53. The maximum Gasteiger partial charge on any atom is 0.236 e. The van der Waals surface area contributed by atoms with E-state index < -0.39 is 0 Å². The third kappa shape index (κ3) is 4.78. The molecule has 0 fully saturated rings. The number of nitrogen functional groups attached to an aromatic ring is 1. The van der Waals surface area contributed by atoms with E-state index in [1.807, 2.05) is 5.38 Å². The number of aliphatic hydroxyl groups is 1. The van der Waals surface area contributed by atoms with Crippen LogP contribution in [0, 0.1) is 17.9 Å². The number of benzene rings is 1. The van der Waals surface area contributed by atoms with E-state index in [4.69, 9.17) is 33.8 Å². The van der Waals surface area contributed by atoms with Crippen molar-refractivity contribution in [3.05, 3.63) is 56.8 Å². The highest BCUT2D eigenvalue weighted by atomic mass is 35.5. The number of hydrogen-bond donors (Lipinski definition) is 2. The lowest BCUT2D eigenvalue weighted by atomic mass is 10.00. The average Bonchev–Trinajstić information content (AvgIpc) is 3.15. The SMILES string of the molecule is [C-]#[N+]c1c(N)nc(SCc2csc(Cl)n2)c(C#N)c1-c1ccc(OCCO)cc1. The first-order valence-corrected chi connectivity index (χ1v) is 10.5. The summed E-state index contributed by atoms with van der Waals surface area (Å²) < 4.78 is 5.81. The van der Waals surface area contributed by atoms with E-state index in [0.29, 0.717) is 32.1 Å². The summed E-state index contributed by atoms with van der Waals surface area (Å²) in [6.45, 7) is 7.59. The fraction of sp³-hybridized carbons (Fsp3) is 0.158. The number of nitriles is 1. The first-order valence-electron chi connectivity index (χ1n) is 8.25. The highest BCUT2D eigenvalue weighted by Crippen LogP contribution is 2.42. The van der Waals surface area contributed by atoms with Gasteiger partial charge < -0.3 is 15.6 Å². The molecule has 2 aromatic heterocycles. The largest absolute Gasteiger partial charge is 0.491 e. The molecule has 0 spiro atoms. The quantitative estimate of drug-likeness (QED) is 0.407. The second-order valence-corrected chi connectivity index (χ2v) is 8.01. The van der Waals surface area contributed by atoms with E-state index >= 15 is 0 Å². The van der Waals surface area contributed by atoms with Crippen LogP contribution in [0.3, 0.4) is 0 Å². The molecule has 146 valence electrons. The summed E-state index contributed by atoms with van der Waals surface area (Å²) in [5, 5.41) is 20.9. The molecule has 0 saturated carbocycles. The van der Waals surface area contributed by atoms with Gasteiger partial charge in [0, 0.05) is 16.7 Å². The Morgan fingerprint density at radius 1 is 1.34 bits per heavy atom. The lowest BCUT2D eigenvalue weighted by molar-refractivity contribution is 0.201. The van der Waals surface area contributed by atoms with Crippen molar-refractivity contribution in [2.24, 2.45) is 0 Å². The maximum atomic E-state index is 9.81. The standard InChI is InChI=1S/C19H14ClN5O2S2/c1-23-16-15(11-2-4-13(5-3-11)27-7-6-26)14(8-21)18(25-17(16)22)28-9-12-10-29-19(20)24-12/h2-5,10,26H,6-7,9H2,(H2,22,25). The molecule has 0 aliphatic heterocycles. The zero-order valence-corrected chi connectivity index (χ0v) is 17.3. The van der Waals surface area contributed by atoms with Gasteiger partial charge in [0.15, 0.2) is 4.47 Å². The number of aromatic nitrogens is 2. The molecule has 0 atom stereocenters. The van der Waals surface area contributed by atoms with Crippen molar-refractivity contribution >= 4 is 46.2 Å². The number of hydrogen-bond acceptors (Lipinski definition) is 8. The van der Waals surface area contributed by atoms with Crippen LogP contribution in [-0.4, -0.2) is 28.3 Å². The predicted molar refractivity (Wildman–Crippen MR) is 114 cm³/mol. The van der Waals surface area contributed by atoms with Crippen molar-refractivity contribution < 1.29 is 9.84 Å². The molecule has 0 radical (unpaired) electrons. The molecule has 3 rings (SSSR count). The number of anilines is 1. The lowest BCUT2D eigenvalue weighted by Gasteiger charge is -2.13. The van der Waals surface area contributed by atoms with Crippen LogP contribution < -0.4 is 10.5 Å². The van der Waals surface area contributed by atoms with Crippen LogP contribution in [-0.2, 0) is 5.75 Å². The molecule has 1 aromatic carbocycles. The second-order valence-electron chi connectivity index (χ2n) is 5.60. The van der Waals surface area contributed by atoms with Crippen LogP contribution in [0.25, 0.3) is 16.0 Å². The van der Waals surface area contributed by atoms with Crippen molar-refractivity contribution in [2.45, 2.75) is 10.8 Å². The number of thiazole rings is 1. The number of thioether (sulfide) groups is 1. The molecule has 0 unspecified atom stereocenters. The van der Waals surface area contributed by atoms with Crippen LogP contribution in [0.5, 0.6) is 5.75 Å². The van der Waals surface area contributed by atoms with Gasteiger partial charge in [0.2, 0.25) is 5.69 Å². The van der Waals surface area contributed by atoms with Crippen molar-refractivity contribution in [1.29, 1.82) is 5.26 Å². The van der Waals surface area contributed by atoms with Gasteiger partial charge in [-0.05, 0) is 17.7 Å². The number of aliphatic hydroxyl groups excluding tert-OH is 1. The number of rotatable bonds is 7. The molecule has 0 aliphatic carbocycles. The van der Waals surface area contributed by atoms with Crippen molar-refractivity contribution in [2.75, 3.05) is 18.9 Å². The Morgan fingerprint density at radius 2 is 2.10 bits per heavy atom. The molecule has 0 saturated heterocycles. The Hall–Kier alpha value is -2.82. The third-order valence-electron chi connectivity index (χ3n) is 3.77. The summed E-state index contributed by atoms with van der Waals surface area (Å²) in [4.78, 5) is 12.0. The average molecular weight is 444 g/mol. The van der Waals surface area contributed by atoms with Gasteiger partial charge in [-0.25, -0.2) is 14.8 Å². The summed E-state index contributed by atoms with van der Waals surface area (Å²) in [6.07, 6.45) is 0. The van der Waals surface area contributed by atoms with E-state index in [1.165, 1.54) is 23.1 Å². The van der Waals surface area contributed by atoms with Crippen molar-refractivity contribution in [1.82, 2.24) is 9.97 Å².